The molecule has 0 bridgehead atoms. The summed E-state index contributed by atoms with van der Waals surface area (Å²) in [5, 5.41) is 11.5. The maximum atomic E-state index is 12.1. The first-order chi connectivity index (χ1) is 12.6. The molecule has 1 heterocycles. The maximum absolute atomic E-state index is 12.1. The van der Waals surface area contributed by atoms with E-state index in [4.69, 9.17) is 4.74 Å². The van der Waals surface area contributed by atoms with Crippen molar-refractivity contribution >= 4 is 12.1 Å². The van der Waals surface area contributed by atoms with Gasteiger partial charge in [0.05, 0.1) is 0 Å². The van der Waals surface area contributed by atoms with Crippen molar-refractivity contribution in [1.82, 2.24) is 15.3 Å². The van der Waals surface area contributed by atoms with Gasteiger partial charge in [-0.25, -0.2) is 15.2 Å². The number of hydrogen-bond donors (Lipinski definition) is 2. The molecule has 0 aliphatic carbocycles. The minimum absolute atomic E-state index is 0.332. The number of nitrogens with one attached hydrogen (secondary N) is 1. The first-order valence-corrected chi connectivity index (χ1v) is 9.38. The number of ether oxygens (including phenoxy) is 1. The zero-order valence-corrected chi connectivity index (χ0v) is 16.9. The van der Waals surface area contributed by atoms with Crippen molar-refractivity contribution in [3.8, 4) is 0 Å². The third kappa shape index (κ3) is 6.22. The lowest BCUT2D eigenvalue weighted by molar-refractivity contribution is -0.141. The highest BCUT2D eigenvalue weighted by Crippen LogP contribution is 2.20. The maximum Gasteiger partial charge on any atom is 0.410 e. The Labute approximate surface area is 161 Å². The van der Waals surface area contributed by atoms with Gasteiger partial charge in [-0.05, 0) is 37.8 Å². The van der Waals surface area contributed by atoms with E-state index in [9.17, 15) is 14.7 Å². The SMILES string of the molecule is CC(C)c1ccc(C(NN2CCN(C(=O)OC(C)(C)C)CC2)C(=O)O)cc1. The van der Waals surface area contributed by atoms with E-state index in [1.165, 1.54) is 5.56 Å². The minimum atomic E-state index is -0.929. The Kier molecular flexibility index (Phi) is 6.84. The van der Waals surface area contributed by atoms with Crippen molar-refractivity contribution in [3.05, 3.63) is 35.4 Å². The van der Waals surface area contributed by atoms with Crippen molar-refractivity contribution in [2.45, 2.75) is 52.2 Å². The summed E-state index contributed by atoms with van der Waals surface area (Å²) in [5.41, 5.74) is 4.44. The van der Waals surface area contributed by atoms with Gasteiger partial charge in [-0.2, -0.15) is 0 Å². The molecule has 1 aliphatic heterocycles. The molecule has 1 saturated heterocycles. The molecule has 1 aromatic carbocycles. The van der Waals surface area contributed by atoms with Gasteiger partial charge in [0, 0.05) is 26.2 Å². The van der Waals surface area contributed by atoms with Crippen LogP contribution in [0.1, 0.15) is 57.7 Å². The Balaban J connectivity index is 1.95. The Bertz CT molecular complexity index is 644. The van der Waals surface area contributed by atoms with Crippen molar-refractivity contribution < 1.29 is 19.4 Å². The predicted octanol–water partition coefficient (Wildman–Crippen LogP) is 2.99. The van der Waals surface area contributed by atoms with E-state index >= 15 is 0 Å². The summed E-state index contributed by atoms with van der Waals surface area (Å²) in [6.07, 6.45) is -0.332. The number of aliphatic carboxylic acids is 1. The van der Waals surface area contributed by atoms with E-state index in [1.54, 1.807) is 4.90 Å². The largest absolute Gasteiger partial charge is 0.480 e. The predicted molar refractivity (Wildman–Crippen MR) is 103 cm³/mol. The second-order valence-corrected chi connectivity index (χ2v) is 8.18. The second kappa shape index (κ2) is 8.71. The fraction of sp³-hybridized carbons (Fsp3) is 0.600. The van der Waals surface area contributed by atoms with Crippen LogP contribution in [-0.2, 0) is 9.53 Å². The molecule has 1 atom stereocenters. The molecule has 150 valence electrons. The van der Waals surface area contributed by atoms with Gasteiger partial charge in [-0.15, -0.1) is 0 Å². The summed E-state index contributed by atoms with van der Waals surface area (Å²) >= 11 is 0. The van der Waals surface area contributed by atoms with Gasteiger partial charge in [0.1, 0.15) is 11.6 Å². The molecule has 27 heavy (non-hydrogen) atoms. The van der Waals surface area contributed by atoms with Crippen LogP contribution in [0.2, 0.25) is 0 Å². The highest BCUT2D eigenvalue weighted by atomic mass is 16.6. The third-order valence-corrected chi connectivity index (χ3v) is 4.43. The topological polar surface area (TPSA) is 82.1 Å². The quantitative estimate of drug-likeness (QED) is 0.821. The number of hydrazine groups is 1. The van der Waals surface area contributed by atoms with E-state index in [1.807, 2.05) is 50.0 Å². The number of carboxylic acids is 1. The smallest absolute Gasteiger partial charge is 0.410 e. The van der Waals surface area contributed by atoms with Crippen molar-refractivity contribution in [2.75, 3.05) is 26.2 Å². The van der Waals surface area contributed by atoms with E-state index in [-0.39, 0.29) is 6.09 Å². The van der Waals surface area contributed by atoms with Crippen LogP contribution in [-0.4, -0.2) is 58.9 Å². The molecule has 7 heteroatoms. The van der Waals surface area contributed by atoms with Crippen LogP contribution in [0.5, 0.6) is 0 Å². The van der Waals surface area contributed by atoms with Gasteiger partial charge in [0.25, 0.3) is 0 Å². The third-order valence-electron chi connectivity index (χ3n) is 4.43. The fourth-order valence-electron chi connectivity index (χ4n) is 2.87. The zero-order valence-electron chi connectivity index (χ0n) is 16.9. The highest BCUT2D eigenvalue weighted by Gasteiger charge is 2.28. The van der Waals surface area contributed by atoms with Gasteiger partial charge in [-0.1, -0.05) is 38.1 Å². The normalized spacial score (nSPS) is 17.0. The molecule has 0 radical (unpaired) electrons. The Hall–Kier alpha value is -2.12. The molecule has 1 aliphatic rings. The number of rotatable bonds is 5. The Morgan fingerprint density at radius 2 is 1.56 bits per heavy atom. The molecule has 1 unspecified atom stereocenters. The van der Waals surface area contributed by atoms with Crippen molar-refractivity contribution in [2.24, 2.45) is 0 Å². The number of carboxylic acid groups (broad SMARTS) is 1. The van der Waals surface area contributed by atoms with Crippen LogP contribution in [0.4, 0.5) is 4.79 Å². The van der Waals surface area contributed by atoms with E-state index in [0.717, 1.165) is 0 Å². The number of carbonyl (C=O) groups is 2. The summed E-state index contributed by atoms with van der Waals surface area (Å²) in [4.78, 5) is 25.5. The Morgan fingerprint density at radius 1 is 1.04 bits per heavy atom. The summed E-state index contributed by atoms with van der Waals surface area (Å²) in [6, 6.07) is 6.84. The van der Waals surface area contributed by atoms with Crippen molar-refractivity contribution in [3.63, 3.8) is 0 Å². The summed E-state index contributed by atoms with van der Waals surface area (Å²) in [5.74, 6) is -0.530. The molecule has 0 saturated carbocycles. The number of carbonyl (C=O) groups excluding carboxylic acids is 1. The summed E-state index contributed by atoms with van der Waals surface area (Å²) < 4.78 is 5.39. The van der Waals surface area contributed by atoms with E-state index in [0.29, 0.717) is 37.7 Å². The monoisotopic (exact) mass is 377 g/mol. The molecule has 1 amide bonds. The van der Waals surface area contributed by atoms with Crippen LogP contribution >= 0.6 is 0 Å². The van der Waals surface area contributed by atoms with Gasteiger partial charge in [0.15, 0.2) is 0 Å². The van der Waals surface area contributed by atoms with Gasteiger partial charge >= 0.3 is 12.1 Å². The molecule has 7 nitrogen and oxygen atoms in total. The molecule has 0 aromatic heterocycles. The van der Waals surface area contributed by atoms with Crippen LogP contribution in [0.15, 0.2) is 24.3 Å². The molecular formula is C20H31N3O4. The van der Waals surface area contributed by atoms with Crippen LogP contribution in [0.3, 0.4) is 0 Å². The van der Waals surface area contributed by atoms with Crippen LogP contribution in [0.25, 0.3) is 0 Å². The van der Waals surface area contributed by atoms with Crippen LogP contribution < -0.4 is 5.43 Å². The van der Waals surface area contributed by atoms with Gasteiger partial charge in [-0.3, -0.25) is 4.79 Å². The van der Waals surface area contributed by atoms with E-state index in [2.05, 4.69) is 19.3 Å². The highest BCUT2D eigenvalue weighted by molar-refractivity contribution is 5.75. The fourth-order valence-corrected chi connectivity index (χ4v) is 2.87. The molecule has 2 N–H and O–H groups in total. The number of hydrogen-bond acceptors (Lipinski definition) is 5. The van der Waals surface area contributed by atoms with E-state index < -0.39 is 17.6 Å². The van der Waals surface area contributed by atoms with Gasteiger partial charge in [0.2, 0.25) is 0 Å². The molecule has 0 spiro atoms. The number of amides is 1. The molecule has 2 rings (SSSR count). The first kappa shape index (κ1) is 21.2. The molecule has 1 aromatic rings. The lowest BCUT2D eigenvalue weighted by Crippen LogP contribution is -2.55. The molecule has 1 fully saturated rings. The summed E-state index contributed by atoms with van der Waals surface area (Å²) in [6.45, 7) is 11.8. The second-order valence-electron chi connectivity index (χ2n) is 8.18. The summed E-state index contributed by atoms with van der Waals surface area (Å²) in [7, 11) is 0. The van der Waals surface area contributed by atoms with Crippen molar-refractivity contribution in [1.29, 1.82) is 0 Å². The van der Waals surface area contributed by atoms with Gasteiger partial charge < -0.3 is 14.7 Å². The number of benzene rings is 1. The average Bonchev–Trinajstić information content (AvgIpc) is 2.58. The molecular weight excluding hydrogens is 346 g/mol. The number of piperazine rings is 1. The zero-order chi connectivity index (χ0) is 20.2. The number of nitrogens with zero attached hydrogens (tertiary/aromatic N) is 2. The Morgan fingerprint density at radius 3 is 2.00 bits per heavy atom. The first-order valence-electron chi connectivity index (χ1n) is 9.38. The lowest BCUT2D eigenvalue weighted by atomic mass is 9.99. The van der Waals surface area contributed by atoms with Crippen LogP contribution in [0, 0.1) is 0 Å². The average molecular weight is 377 g/mol. The minimum Gasteiger partial charge on any atom is -0.480 e. The lowest BCUT2D eigenvalue weighted by Gasteiger charge is -2.36. The standard InChI is InChI=1S/C20H31N3O4/c1-14(2)15-6-8-16(9-7-15)17(18(24)25)21-23-12-10-22(11-13-23)19(26)27-20(3,4)5/h6-9,14,17,21H,10-13H2,1-5H3,(H,24,25).